The number of ether oxygens (including phenoxy) is 1. The number of hydrogen-bond donors (Lipinski definition) is 0. The highest BCUT2D eigenvalue weighted by molar-refractivity contribution is 7.89. The molecule has 4 rings (SSSR count). The summed E-state index contributed by atoms with van der Waals surface area (Å²) in [6, 6.07) is 11.8. The summed E-state index contributed by atoms with van der Waals surface area (Å²) in [5.41, 5.74) is 0.714. The minimum absolute atomic E-state index is 0.258. The molecule has 1 atom stereocenters. The molecule has 7 nitrogen and oxygen atoms in total. The van der Waals surface area contributed by atoms with E-state index in [9.17, 15) is 8.42 Å². The van der Waals surface area contributed by atoms with Crippen molar-refractivity contribution >= 4 is 15.7 Å². The molecule has 0 N–H and O–H groups in total. The predicted molar refractivity (Wildman–Crippen MR) is 91.8 cm³/mol. The van der Waals surface area contributed by atoms with Gasteiger partial charge < -0.3 is 4.74 Å². The summed E-state index contributed by atoms with van der Waals surface area (Å²) in [5, 5.41) is 8.40. The Morgan fingerprint density at radius 3 is 2.68 bits per heavy atom. The van der Waals surface area contributed by atoms with E-state index >= 15 is 0 Å². The molecule has 3 heterocycles. The molecule has 1 aliphatic rings. The molecule has 8 heteroatoms. The molecule has 1 aromatic carbocycles. The van der Waals surface area contributed by atoms with Crippen molar-refractivity contribution in [1.29, 1.82) is 0 Å². The Hall–Kier alpha value is -2.45. The SMILES string of the molecule is COc1ccc(S(=O)(=O)N2CCC[C@H]2c2nnc3ccccn23)cc1. The normalized spacial score (nSPS) is 18.7. The average molecular weight is 358 g/mol. The minimum atomic E-state index is -3.61. The van der Waals surface area contributed by atoms with Crippen molar-refractivity contribution in [2.24, 2.45) is 0 Å². The van der Waals surface area contributed by atoms with Gasteiger partial charge in [-0.15, -0.1) is 10.2 Å². The van der Waals surface area contributed by atoms with Crippen LogP contribution < -0.4 is 4.74 Å². The molecule has 0 spiro atoms. The first-order valence-corrected chi connectivity index (χ1v) is 9.51. The fourth-order valence-corrected chi connectivity index (χ4v) is 4.91. The van der Waals surface area contributed by atoms with Crippen LogP contribution in [0.25, 0.3) is 5.65 Å². The average Bonchev–Trinajstić information content (AvgIpc) is 3.28. The molecule has 130 valence electrons. The van der Waals surface area contributed by atoms with Crippen molar-refractivity contribution in [1.82, 2.24) is 18.9 Å². The van der Waals surface area contributed by atoms with Gasteiger partial charge in [0.2, 0.25) is 10.0 Å². The van der Waals surface area contributed by atoms with E-state index in [4.69, 9.17) is 4.74 Å². The zero-order valence-corrected chi connectivity index (χ0v) is 14.6. The number of rotatable bonds is 4. The summed E-state index contributed by atoms with van der Waals surface area (Å²) in [4.78, 5) is 0.258. The van der Waals surface area contributed by atoms with Gasteiger partial charge in [0.15, 0.2) is 11.5 Å². The van der Waals surface area contributed by atoms with Crippen LogP contribution in [-0.4, -0.2) is 41.0 Å². The van der Waals surface area contributed by atoms with Crippen molar-refractivity contribution in [3.05, 3.63) is 54.5 Å². The number of fused-ring (bicyclic) bond motifs is 1. The second-order valence-electron chi connectivity index (χ2n) is 5.94. The van der Waals surface area contributed by atoms with Crippen molar-refractivity contribution in [2.45, 2.75) is 23.8 Å². The molecule has 1 saturated heterocycles. The molecule has 0 saturated carbocycles. The Balaban J connectivity index is 1.73. The Bertz CT molecular complexity index is 998. The monoisotopic (exact) mass is 358 g/mol. The zero-order valence-electron chi connectivity index (χ0n) is 13.7. The summed E-state index contributed by atoms with van der Waals surface area (Å²) < 4.78 is 34.7. The molecule has 0 bridgehead atoms. The zero-order chi connectivity index (χ0) is 17.4. The van der Waals surface area contributed by atoms with E-state index in [0.717, 1.165) is 12.8 Å². The van der Waals surface area contributed by atoms with Crippen LogP contribution in [0, 0.1) is 0 Å². The van der Waals surface area contributed by atoms with E-state index in [1.807, 2.05) is 28.8 Å². The highest BCUT2D eigenvalue weighted by atomic mass is 32.2. The second-order valence-corrected chi connectivity index (χ2v) is 7.83. The van der Waals surface area contributed by atoms with Gasteiger partial charge in [-0.2, -0.15) is 4.31 Å². The van der Waals surface area contributed by atoms with Crippen LogP contribution in [-0.2, 0) is 10.0 Å². The van der Waals surface area contributed by atoms with Crippen LogP contribution in [0.3, 0.4) is 0 Å². The predicted octanol–water partition coefficient (Wildman–Crippen LogP) is 2.26. The van der Waals surface area contributed by atoms with E-state index in [-0.39, 0.29) is 10.9 Å². The Labute approximate surface area is 145 Å². The number of nitrogens with zero attached hydrogens (tertiary/aromatic N) is 4. The maximum absolute atomic E-state index is 13.1. The lowest BCUT2D eigenvalue weighted by Crippen LogP contribution is -2.31. The quantitative estimate of drug-likeness (QED) is 0.715. The van der Waals surface area contributed by atoms with Gasteiger partial charge in [0.25, 0.3) is 0 Å². The number of sulfonamides is 1. The molecule has 1 aliphatic heterocycles. The molecule has 0 amide bonds. The third kappa shape index (κ3) is 2.67. The van der Waals surface area contributed by atoms with E-state index < -0.39 is 10.0 Å². The number of methoxy groups -OCH3 is 1. The highest BCUT2D eigenvalue weighted by Gasteiger charge is 2.38. The van der Waals surface area contributed by atoms with Crippen molar-refractivity contribution in [2.75, 3.05) is 13.7 Å². The van der Waals surface area contributed by atoms with Gasteiger partial charge in [-0.1, -0.05) is 6.07 Å². The van der Waals surface area contributed by atoms with E-state index in [2.05, 4.69) is 10.2 Å². The first kappa shape index (κ1) is 16.0. The second kappa shape index (κ2) is 6.12. The number of benzene rings is 1. The van der Waals surface area contributed by atoms with Crippen LogP contribution in [0.5, 0.6) is 5.75 Å². The smallest absolute Gasteiger partial charge is 0.243 e. The van der Waals surface area contributed by atoms with Gasteiger partial charge in [0.1, 0.15) is 5.75 Å². The van der Waals surface area contributed by atoms with Crippen molar-refractivity contribution < 1.29 is 13.2 Å². The molecular formula is C17H18N4O3S. The topological polar surface area (TPSA) is 76.8 Å². The van der Waals surface area contributed by atoms with Gasteiger partial charge in [-0.25, -0.2) is 8.42 Å². The van der Waals surface area contributed by atoms with Crippen LogP contribution >= 0.6 is 0 Å². The molecule has 2 aromatic heterocycles. The molecule has 0 unspecified atom stereocenters. The summed E-state index contributed by atoms with van der Waals surface area (Å²) in [6.45, 7) is 0.473. The van der Waals surface area contributed by atoms with E-state index in [1.165, 1.54) is 4.31 Å². The van der Waals surface area contributed by atoms with Gasteiger partial charge in [0, 0.05) is 12.7 Å². The van der Waals surface area contributed by atoms with Crippen molar-refractivity contribution in [3.63, 3.8) is 0 Å². The summed E-state index contributed by atoms with van der Waals surface area (Å²) in [6.07, 6.45) is 3.38. The molecule has 25 heavy (non-hydrogen) atoms. The number of hydrogen-bond acceptors (Lipinski definition) is 5. The molecule has 0 radical (unpaired) electrons. The Kier molecular flexibility index (Phi) is 3.93. The maximum Gasteiger partial charge on any atom is 0.243 e. The van der Waals surface area contributed by atoms with Crippen LogP contribution in [0.1, 0.15) is 24.7 Å². The molecule has 1 fully saturated rings. The van der Waals surface area contributed by atoms with E-state index in [1.54, 1.807) is 31.4 Å². The van der Waals surface area contributed by atoms with Gasteiger partial charge in [-0.05, 0) is 49.2 Å². The summed E-state index contributed by atoms with van der Waals surface area (Å²) >= 11 is 0. The standard InChI is InChI=1S/C17H18N4O3S/c1-24-13-7-9-14(10-8-13)25(22,23)21-12-4-5-15(21)17-19-18-16-6-2-3-11-20(16)17/h2-3,6-11,15H,4-5,12H2,1H3/t15-/m0/s1. The van der Waals surface area contributed by atoms with Crippen LogP contribution in [0.15, 0.2) is 53.6 Å². The fourth-order valence-electron chi connectivity index (χ4n) is 3.26. The molecular weight excluding hydrogens is 340 g/mol. The largest absolute Gasteiger partial charge is 0.497 e. The van der Waals surface area contributed by atoms with Crippen LogP contribution in [0.4, 0.5) is 0 Å². The van der Waals surface area contributed by atoms with Gasteiger partial charge >= 0.3 is 0 Å². The highest BCUT2D eigenvalue weighted by Crippen LogP contribution is 2.36. The lowest BCUT2D eigenvalue weighted by molar-refractivity contribution is 0.381. The first-order chi connectivity index (χ1) is 12.1. The van der Waals surface area contributed by atoms with Gasteiger partial charge in [0.05, 0.1) is 18.0 Å². The first-order valence-electron chi connectivity index (χ1n) is 8.07. The number of pyridine rings is 1. The third-order valence-corrected chi connectivity index (χ3v) is 6.43. The van der Waals surface area contributed by atoms with Crippen molar-refractivity contribution in [3.8, 4) is 5.75 Å². The molecule has 0 aliphatic carbocycles. The number of aromatic nitrogens is 3. The lowest BCUT2D eigenvalue weighted by atomic mass is 10.2. The van der Waals surface area contributed by atoms with Gasteiger partial charge in [-0.3, -0.25) is 4.40 Å². The Morgan fingerprint density at radius 1 is 1.12 bits per heavy atom. The summed E-state index contributed by atoms with van der Waals surface area (Å²) in [7, 11) is -2.06. The van der Waals surface area contributed by atoms with E-state index in [0.29, 0.717) is 23.8 Å². The Morgan fingerprint density at radius 2 is 1.92 bits per heavy atom. The molecule has 3 aromatic rings. The minimum Gasteiger partial charge on any atom is -0.497 e. The third-order valence-electron chi connectivity index (χ3n) is 4.51. The summed E-state index contributed by atoms with van der Waals surface area (Å²) in [5.74, 6) is 1.28. The van der Waals surface area contributed by atoms with Crippen LogP contribution in [0.2, 0.25) is 0 Å². The lowest BCUT2D eigenvalue weighted by Gasteiger charge is -2.23. The fraction of sp³-hybridized carbons (Fsp3) is 0.294. The maximum atomic E-state index is 13.1.